The van der Waals surface area contributed by atoms with Crippen LogP contribution in [0.1, 0.15) is 39.0 Å². The minimum absolute atomic E-state index is 0.0680. The van der Waals surface area contributed by atoms with Crippen LogP contribution in [0.15, 0.2) is 188 Å². The fourth-order valence-corrected chi connectivity index (χ4v) is 9.21. The number of benzene rings is 7. The van der Waals surface area contributed by atoms with E-state index in [9.17, 15) is 4.79 Å². The molecule has 0 bridgehead atoms. The van der Waals surface area contributed by atoms with Gasteiger partial charge in [0.25, 0.3) is 0 Å². The molecule has 0 N–H and O–H groups in total. The summed E-state index contributed by atoms with van der Waals surface area (Å²) in [5, 5.41) is 5.18. The van der Waals surface area contributed by atoms with Crippen LogP contribution in [0.25, 0.3) is 98.7 Å². The SMILES string of the molecule is C=CC.C=Cc1c(/C=C\C)n(-c2ccc(-c3ccc4c(=O)c5cc(-c6ccc(-n7c8ccccc8c8ccccc87)cc6)ccc5sc4c3)cc2)c2ccccc12.CC. The van der Waals surface area contributed by atoms with Gasteiger partial charge in [-0.25, -0.2) is 0 Å². The summed E-state index contributed by atoms with van der Waals surface area (Å²) in [6, 6.07) is 55.4. The molecule has 10 aromatic rings. The monoisotopic (exact) mass is 782 g/mol. The van der Waals surface area contributed by atoms with Crippen molar-refractivity contribution in [3.8, 4) is 33.6 Å². The molecule has 0 aliphatic carbocycles. The number of allylic oxidation sites excluding steroid dienone is 2. The van der Waals surface area contributed by atoms with Crippen molar-refractivity contribution >= 4 is 76.4 Å². The minimum atomic E-state index is 0.0680. The van der Waals surface area contributed by atoms with E-state index in [0.717, 1.165) is 70.6 Å². The normalized spacial score (nSPS) is 11.2. The van der Waals surface area contributed by atoms with Gasteiger partial charge in [0.15, 0.2) is 5.43 Å². The minimum Gasteiger partial charge on any atom is -0.309 e. The van der Waals surface area contributed by atoms with Gasteiger partial charge in [-0.05, 0) is 109 Å². The van der Waals surface area contributed by atoms with Gasteiger partial charge in [-0.2, -0.15) is 0 Å². The fraction of sp³-hybridized carbons (Fsp3) is 0.0727. The Morgan fingerprint density at radius 1 is 0.492 bits per heavy atom. The first kappa shape index (κ1) is 38.8. The molecule has 7 aromatic carbocycles. The van der Waals surface area contributed by atoms with Gasteiger partial charge in [0, 0.05) is 53.3 Å². The van der Waals surface area contributed by atoms with Crippen molar-refractivity contribution in [1.82, 2.24) is 9.13 Å². The average Bonchev–Trinajstić information content (AvgIpc) is 3.79. The number of hydrogen-bond acceptors (Lipinski definition) is 2. The van der Waals surface area contributed by atoms with Gasteiger partial charge in [0.1, 0.15) is 0 Å². The maximum Gasteiger partial charge on any atom is 0.195 e. The summed E-state index contributed by atoms with van der Waals surface area (Å²) in [5.41, 5.74) is 12.3. The van der Waals surface area contributed by atoms with E-state index >= 15 is 0 Å². The van der Waals surface area contributed by atoms with E-state index in [1.807, 2.05) is 39.8 Å². The third-order valence-electron chi connectivity index (χ3n) is 10.6. The van der Waals surface area contributed by atoms with Crippen LogP contribution in [-0.2, 0) is 0 Å². The molecule has 0 amide bonds. The Morgan fingerprint density at radius 3 is 1.53 bits per heavy atom. The van der Waals surface area contributed by atoms with Crippen molar-refractivity contribution in [2.75, 3.05) is 0 Å². The highest BCUT2D eigenvalue weighted by Gasteiger charge is 2.16. The molecule has 3 heterocycles. The second-order valence-corrected chi connectivity index (χ2v) is 15.2. The summed E-state index contributed by atoms with van der Waals surface area (Å²) in [4.78, 5) is 14.0. The van der Waals surface area contributed by atoms with Gasteiger partial charge < -0.3 is 9.13 Å². The molecule has 0 spiro atoms. The molecule has 4 heteroatoms. The molecule has 0 saturated heterocycles. The molecule has 288 valence electrons. The number of rotatable bonds is 6. The van der Waals surface area contributed by atoms with Gasteiger partial charge in [-0.1, -0.05) is 130 Å². The third-order valence-corrected chi connectivity index (χ3v) is 11.8. The Kier molecular flexibility index (Phi) is 11.1. The van der Waals surface area contributed by atoms with Crippen LogP contribution < -0.4 is 5.43 Å². The smallest absolute Gasteiger partial charge is 0.195 e. The average molecular weight is 783 g/mol. The molecule has 3 nitrogen and oxygen atoms in total. The van der Waals surface area contributed by atoms with Crippen molar-refractivity contribution in [2.45, 2.75) is 27.7 Å². The molecule has 3 aromatic heterocycles. The molecule has 0 fully saturated rings. The Labute approximate surface area is 349 Å². The van der Waals surface area contributed by atoms with Crippen molar-refractivity contribution in [1.29, 1.82) is 0 Å². The van der Waals surface area contributed by atoms with Crippen LogP contribution in [0, 0.1) is 0 Å². The summed E-state index contributed by atoms with van der Waals surface area (Å²) in [7, 11) is 0. The fourth-order valence-electron chi connectivity index (χ4n) is 8.12. The number of para-hydroxylation sites is 3. The van der Waals surface area contributed by atoms with Crippen molar-refractivity contribution in [3.05, 3.63) is 205 Å². The summed E-state index contributed by atoms with van der Waals surface area (Å²) in [6.07, 6.45) is 7.91. The highest BCUT2D eigenvalue weighted by Crippen LogP contribution is 2.36. The zero-order chi connectivity index (χ0) is 41.0. The van der Waals surface area contributed by atoms with Gasteiger partial charge >= 0.3 is 0 Å². The highest BCUT2D eigenvalue weighted by molar-refractivity contribution is 7.24. The van der Waals surface area contributed by atoms with E-state index in [2.05, 4.69) is 186 Å². The summed E-state index contributed by atoms with van der Waals surface area (Å²) < 4.78 is 6.59. The Balaban J connectivity index is 0.000000928. The molecule has 10 rings (SSSR count). The van der Waals surface area contributed by atoms with E-state index in [-0.39, 0.29) is 5.43 Å². The highest BCUT2D eigenvalue weighted by atomic mass is 32.1. The first-order valence-electron chi connectivity index (χ1n) is 20.2. The Hall–Kier alpha value is -7.01. The zero-order valence-corrected chi connectivity index (χ0v) is 34.8. The number of fused-ring (bicyclic) bond motifs is 6. The van der Waals surface area contributed by atoms with E-state index in [1.54, 1.807) is 17.4 Å². The maximum absolute atomic E-state index is 14.0. The molecule has 0 atom stereocenters. The second kappa shape index (κ2) is 16.8. The van der Waals surface area contributed by atoms with Crippen LogP contribution in [0.5, 0.6) is 0 Å². The van der Waals surface area contributed by atoms with Crippen molar-refractivity contribution in [3.63, 3.8) is 0 Å². The lowest BCUT2D eigenvalue weighted by Crippen LogP contribution is -2.01. The lowest BCUT2D eigenvalue weighted by Gasteiger charge is -2.11. The van der Waals surface area contributed by atoms with Gasteiger partial charge in [0.2, 0.25) is 0 Å². The van der Waals surface area contributed by atoms with Gasteiger partial charge in [0.05, 0.1) is 22.2 Å². The first-order valence-corrected chi connectivity index (χ1v) is 21.0. The van der Waals surface area contributed by atoms with Crippen molar-refractivity contribution in [2.24, 2.45) is 0 Å². The second-order valence-electron chi connectivity index (χ2n) is 14.1. The van der Waals surface area contributed by atoms with Crippen molar-refractivity contribution < 1.29 is 0 Å². The molecule has 0 unspecified atom stereocenters. The summed E-state index contributed by atoms with van der Waals surface area (Å²) >= 11 is 1.67. The molecule has 59 heavy (non-hydrogen) atoms. The van der Waals surface area contributed by atoms with E-state index in [4.69, 9.17) is 0 Å². The largest absolute Gasteiger partial charge is 0.309 e. The molecule has 0 aliphatic heterocycles. The summed E-state index contributed by atoms with van der Waals surface area (Å²) in [6.45, 7) is 15.4. The van der Waals surface area contributed by atoms with E-state index in [1.165, 1.54) is 27.2 Å². The Bertz CT molecular complexity index is 3190. The molecule has 0 saturated carbocycles. The Morgan fingerprint density at radius 2 is 0.966 bits per heavy atom. The van der Waals surface area contributed by atoms with Crippen LogP contribution in [0.4, 0.5) is 0 Å². The van der Waals surface area contributed by atoms with Gasteiger partial charge in [-0.15, -0.1) is 17.9 Å². The maximum atomic E-state index is 14.0. The molecule has 0 radical (unpaired) electrons. The molecular weight excluding hydrogens is 737 g/mol. The van der Waals surface area contributed by atoms with Gasteiger partial charge in [-0.3, -0.25) is 4.79 Å². The van der Waals surface area contributed by atoms with Crippen LogP contribution in [-0.4, -0.2) is 9.13 Å². The number of hydrogen-bond donors (Lipinski definition) is 0. The predicted octanol–water partition coefficient (Wildman–Crippen LogP) is 15.7. The van der Waals surface area contributed by atoms with E-state index < -0.39 is 0 Å². The van der Waals surface area contributed by atoms with E-state index in [0.29, 0.717) is 0 Å². The number of aromatic nitrogens is 2. The first-order chi connectivity index (χ1) is 29.0. The van der Waals surface area contributed by atoms with Crippen LogP contribution >= 0.6 is 11.3 Å². The standard InChI is InChI=1S/C50H34N2OS.C3H6.C2H6/c1-3-11-44-38(4-2)39-12-5-8-15-45(39)51(44)36-26-20-33(21-27-36)35-22-28-42-49(31-35)54-48-29-23-34(30-43(48)50(42)53)32-18-24-37(25-19-32)52-46-16-9-6-13-40(46)41-14-7-10-17-47(41)52;1-3-2;1-2/h3-31H,2H2,1H3;3H,1H2,2H3;1-2H3/b11-3-;;. The third kappa shape index (κ3) is 6.92. The lowest BCUT2D eigenvalue weighted by molar-refractivity contribution is 1.10. The van der Waals surface area contributed by atoms with Crippen LogP contribution in [0.3, 0.4) is 0 Å². The molecule has 0 aliphatic rings. The zero-order valence-electron chi connectivity index (χ0n) is 33.9. The molecular formula is C55H46N2OS. The quantitative estimate of drug-likeness (QED) is 0.122. The predicted molar refractivity (Wildman–Crippen MR) is 260 cm³/mol. The topological polar surface area (TPSA) is 26.9 Å². The lowest BCUT2D eigenvalue weighted by atomic mass is 10.0. The number of nitrogens with zero attached hydrogens (tertiary/aromatic N) is 2. The summed E-state index contributed by atoms with van der Waals surface area (Å²) in [5.74, 6) is 0. The van der Waals surface area contributed by atoms with Crippen LogP contribution in [0.2, 0.25) is 0 Å².